The molecule has 0 spiro atoms. The van der Waals surface area contributed by atoms with E-state index in [0.717, 1.165) is 59.3 Å². The Balaban J connectivity index is 1.51. The van der Waals surface area contributed by atoms with Crippen LogP contribution in [0, 0.1) is 0 Å². The number of rotatable bonds is 12. The molecule has 2 N–H and O–H groups in total. The lowest BCUT2D eigenvalue weighted by molar-refractivity contribution is -0.114. The van der Waals surface area contributed by atoms with Crippen LogP contribution in [0.15, 0.2) is 45.1 Å². The summed E-state index contributed by atoms with van der Waals surface area (Å²) >= 11 is 4.13. The van der Waals surface area contributed by atoms with Gasteiger partial charge in [-0.15, -0.1) is 10.2 Å². The lowest BCUT2D eigenvalue weighted by Crippen LogP contribution is -2.16. The molecule has 0 bridgehead atoms. The Morgan fingerprint density at radius 3 is 1.34 bits per heavy atom. The average Bonchev–Trinajstić information content (AvgIpc) is 3.34. The third-order valence-corrected chi connectivity index (χ3v) is 8.76. The summed E-state index contributed by atoms with van der Waals surface area (Å²) in [7, 11) is 0. The van der Waals surface area contributed by atoms with Gasteiger partial charge >= 0.3 is 0 Å². The van der Waals surface area contributed by atoms with Crippen molar-refractivity contribution in [1.82, 2.24) is 10.2 Å². The molecule has 2 amide bonds. The van der Waals surface area contributed by atoms with E-state index in [0.29, 0.717) is 8.68 Å². The van der Waals surface area contributed by atoms with Crippen LogP contribution in [0.2, 0.25) is 0 Å². The molecule has 0 aliphatic rings. The first kappa shape index (κ1) is 27.2. The molecule has 9 heteroatoms. The number of nitrogens with one attached hydrogen (secondary N) is 2. The summed E-state index contributed by atoms with van der Waals surface area (Å²) in [6, 6.07) is 12.3. The third kappa shape index (κ3) is 7.56. The van der Waals surface area contributed by atoms with Gasteiger partial charge in [-0.25, -0.2) is 0 Å². The molecule has 0 aliphatic carbocycles. The zero-order valence-corrected chi connectivity index (χ0v) is 23.1. The number of amides is 2. The second-order valence-corrected chi connectivity index (χ2v) is 11.2. The zero-order valence-electron chi connectivity index (χ0n) is 20.6. The van der Waals surface area contributed by atoms with E-state index in [2.05, 4.69) is 72.8 Å². The van der Waals surface area contributed by atoms with Crippen molar-refractivity contribution < 1.29 is 9.59 Å². The number of thioether (sulfide) groups is 2. The maximum atomic E-state index is 12.6. The minimum absolute atomic E-state index is 0.0595. The molecule has 3 rings (SSSR count). The Morgan fingerprint density at radius 1 is 0.686 bits per heavy atom. The van der Waals surface area contributed by atoms with Gasteiger partial charge in [-0.3, -0.25) is 9.59 Å². The summed E-state index contributed by atoms with van der Waals surface area (Å²) in [5.41, 5.74) is 6.43. The van der Waals surface area contributed by atoms with Crippen molar-refractivity contribution in [3.8, 4) is 0 Å². The van der Waals surface area contributed by atoms with Gasteiger partial charge in [-0.2, -0.15) is 0 Å². The Labute approximate surface area is 220 Å². The van der Waals surface area contributed by atoms with Crippen molar-refractivity contribution in [2.24, 2.45) is 0 Å². The Morgan fingerprint density at radius 2 is 1.03 bits per heavy atom. The highest BCUT2D eigenvalue weighted by atomic mass is 32.2. The van der Waals surface area contributed by atoms with Crippen molar-refractivity contribution in [2.45, 2.75) is 62.1 Å². The van der Waals surface area contributed by atoms with Crippen molar-refractivity contribution in [1.29, 1.82) is 0 Å². The molecule has 186 valence electrons. The molecule has 0 unspecified atom stereocenters. The fourth-order valence-corrected chi connectivity index (χ4v) is 6.35. The van der Waals surface area contributed by atoms with Gasteiger partial charge < -0.3 is 10.6 Å². The minimum atomic E-state index is -0.0595. The number of para-hydroxylation sites is 2. The molecular formula is C26H32N4O2S3. The minimum Gasteiger partial charge on any atom is -0.325 e. The molecule has 0 atom stereocenters. The van der Waals surface area contributed by atoms with Crippen molar-refractivity contribution in [2.75, 3.05) is 22.1 Å². The van der Waals surface area contributed by atoms with Crippen LogP contribution in [0.25, 0.3) is 0 Å². The maximum absolute atomic E-state index is 12.6. The van der Waals surface area contributed by atoms with E-state index in [1.165, 1.54) is 34.9 Å². The lowest BCUT2D eigenvalue weighted by Gasteiger charge is -2.14. The second kappa shape index (κ2) is 13.7. The van der Waals surface area contributed by atoms with Gasteiger partial charge in [0.1, 0.15) is 0 Å². The summed E-state index contributed by atoms with van der Waals surface area (Å²) in [6.07, 6.45) is 3.46. The van der Waals surface area contributed by atoms with Crippen LogP contribution in [-0.2, 0) is 35.3 Å². The number of carbonyl (C=O) groups excluding carboxylic acids is 2. The largest absolute Gasteiger partial charge is 0.325 e. The zero-order chi connectivity index (χ0) is 25.2. The molecule has 0 aliphatic heterocycles. The number of nitrogens with zero attached hydrogens (tertiary/aromatic N) is 2. The average molecular weight is 529 g/mol. The Kier molecular flexibility index (Phi) is 10.6. The van der Waals surface area contributed by atoms with Gasteiger partial charge in [0.15, 0.2) is 8.68 Å². The quantitative estimate of drug-likeness (QED) is 0.270. The predicted molar refractivity (Wildman–Crippen MR) is 149 cm³/mol. The van der Waals surface area contributed by atoms with Gasteiger partial charge in [0.25, 0.3) is 0 Å². The van der Waals surface area contributed by atoms with Crippen LogP contribution >= 0.6 is 34.9 Å². The summed E-state index contributed by atoms with van der Waals surface area (Å²) in [5, 5.41) is 14.5. The van der Waals surface area contributed by atoms with Crippen molar-refractivity contribution in [3.63, 3.8) is 0 Å². The molecule has 35 heavy (non-hydrogen) atoms. The Hall–Kier alpha value is -2.36. The summed E-state index contributed by atoms with van der Waals surface area (Å²) in [6.45, 7) is 8.35. The lowest BCUT2D eigenvalue weighted by atomic mass is 10.0. The molecule has 0 saturated carbocycles. The van der Waals surface area contributed by atoms with Gasteiger partial charge in [-0.05, 0) is 47.9 Å². The molecule has 0 radical (unpaired) electrons. The molecular weight excluding hydrogens is 497 g/mol. The monoisotopic (exact) mass is 528 g/mol. The van der Waals surface area contributed by atoms with E-state index in [1.807, 2.05) is 12.1 Å². The summed E-state index contributed by atoms with van der Waals surface area (Å²) in [5.74, 6) is 0.398. The van der Waals surface area contributed by atoms with Crippen LogP contribution in [0.5, 0.6) is 0 Å². The van der Waals surface area contributed by atoms with Crippen molar-refractivity contribution in [3.05, 3.63) is 58.7 Å². The number of carbonyl (C=O) groups is 2. The molecule has 6 nitrogen and oxygen atoms in total. The number of hydrogen-bond acceptors (Lipinski definition) is 7. The first-order chi connectivity index (χ1) is 17.0. The van der Waals surface area contributed by atoms with Crippen LogP contribution in [0.4, 0.5) is 11.4 Å². The number of aryl methyl sites for hydroxylation is 4. The van der Waals surface area contributed by atoms with Crippen LogP contribution in [0.3, 0.4) is 0 Å². The van der Waals surface area contributed by atoms with Gasteiger partial charge in [-0.1, -0.05) is 99.0 Å². The van der Waals surface area contributed by atoms with Gasteiger partial charge in [0.05, 0.1) is 11.5 Å². The summed E-state index contributed by atoms with van der Waals surface area (Å²) in [4.78, 5) is 25.2. The second-order valence-electron chi connectivity index (χ2n) is 7.82. The highest BCUT2D eigenvalue weighted by molar-refractivity contribution is 8.03. The smallest absolute Gasteiger partial charge is 0.234 e. The van der Waals surface area contributed by atoms with E-state index in [1.54, 1.807) is 0 Å². The van der Waals surface area contributed by atoms with Crippen LogP contribution in [0.1, 0.15) is 49.9 Å². The van der Waals surface area contributed by atoms with E-state index >= 15 is 0 Å². The number of hydrogen-bond donors (Lipinski definition) is 2. The number of aromatic nitrogens is 2. The number of anilines is 2. The maximum Gasteiger partial charge on any atom is 0.234 e. The summed E-state index contributed by atoms with van der Waals surface area (Å²) < 4.78 is 1.43. The van der Waals surface area contributed by atoms with E-state index < -0.39 is 0 Å². The highest BCUT2D eigenvalue weighted by Crippen LogP contribution is 2.30. The molecule has 0 fully saturated rings. The molecule has 3 aromatic rings. The topological polar surface area (TPSA) is 84.0 Å². The molecule has 2 aromatic carbocycles. The molecule has 0 saturated heterocycles. The molecule has 1 aromatic heterocycles. The first-order valence-corrected chi connectivity index (χ1v) is 14.7. The standard InChI is InChI=1S/C26H32N4O2S3/c1-5-17-11-9-12-18(6-2)23(17)27-21(31)15-33-25-29-30-26(35-25)34-16-22(32)28-24-19(7-3)13-10-14-20(24)8-4/h9-14H,5-8,15-16H2,1-4H3,(H,27,31)(H,28,32). The van der Waals surface area contributed by atoms with E-state index in [9.17, 15) is 9.59 Å². The van der Waals surface area contributed by atoms with Crippen LogP contribution < -0.4 is 10.6 Å². The SMILES string of the molecule is CCc1cccc(CC)c1NC(=O)CSc1nnc(SCC(=O)Nc2c(CC)cccc2CC)s1. The highest BCUT2D eigenvalue weighted by Gasteiger charge is 2.14. The predicted octanol–water partition coefficient (Wildman–Crippen LogP) is 6.25. The first-order valence-electron chi connectivity index (χ1n) is 11.9. The van der Waals surface area contributed by atoms with Gasteiger partial charge in [0.2, 0.25) is 11.8 Å². The third-order valence-electron chi connectivity index (χ3n) is 5.57. The van der Waals surface area contributed by atoms with E-state index in [-0.39, 0.29) is 23.3 Å². The van der Waals surface area contributed by atoms with Gasteiger partial charge in [0, 0.05) is 11.4 Å². The Bertz CT molecular complexity index is 1030. The fraction of sp³-hybridized carbons (Fsp3) is 0.385. The fourth-order valence-electron chi connectivity index (χ4n) is 3.73. The normalized spacial score (nSPS) is 10.9. The van der Waals surface area contributed by atoms with Crippen molar-refractivity contribution >= 4 is 58.0 Å². The number of benzene rings is 2. The molecule has 1 heterocycles. The van der Waals surface area contributed by atoms with Crippen LogP contribution in [-0.4, -0.2) is 33.5 Å². The van der Waals surface area contributed by atoms with E-state index in [4.69, 9.17) is 0 Å².